The van der Waals surface area contributed by atoms with Crippen LogP contribution in [0.25, 0.3) is 6.08 Å². The number of benzene rings is 2. The summed E-state index contributed by atoms with van der Waals surface area (Å²) in [5, 5.41) is 0. The van der Waals surface area contributed by atoms with E-state index in [-0.39, 0.29) is 20.9 Å². The van der Waals surface area contributed by atoms with Crippen molar-refractivity contribution in [2.45, 2.75) is 23.6 Å². The molecular formula is C19H19NO5S2. The minimum absolute atomic E-state index is 0.230. The summed E-state index contributed by atoms with van der Waals surface area (Å²) in [6, 6.07) is 10.4. The zero-order chi connectivity index (χ0) is 19.8. The Balaban J connectivity index is 2.19. The van der Waals surface area contributed by atoms with E-state index < -0.39 is 23.9 Å². The SMILES string of the molecule is CCN(CC)c1ccc(C=C2S(=O)(=O)c3ccccc3S2(=O)=O)c(C=O)c1. The van der Waals surface area contributed by atoms with E-state index in [2.05, 4.69) is 0 Å². The van der Waals surface area contributed by atoms with Crippen LogP contribution >= 0.6 is 0 Å². The fourth-order valence-electron chi connectivity index (χ4n) is 3.12. The van der Waals surface area contributed by atoms with Gasteiger partial charge in [-0.25, -0.2) is 16.8 Å². The Morgan fingerprint density at radius 2 is 1.41 bits per heavy atom. The van der Waals surface area contributed by atoms with Crippen molar-refractivity contribution in [3.05, 3.63) is 57.8 Å². The Morgan fingerprint density at radius 3 is 1.89 bits per heavy atom. The highest BCUT2D eigenvalue weighted by Crippen LogP contribution is 2.41. The third-order valence-corrected chi connectivity index (χ3v) is 9.17. The van der Waals surface area contributed by atoms with E-state index in [9.17, 15) is 21.6 Å². The third-order valence-electron chi connectivity index (χ3n) is 4.56. The molecule has 0 bridgehead atoms. The summed E-state index contributed by atoms with van der Waals surface area (Å²) in [6.07, 6.45) is 1.67. The molecule has 0 atom stereocenters. The highest BCUT2D eigenvalue weighted by molar-refractivity contribution is 8.17. The minimum atomic E-state index is -4.17. The number of anilines is 1. The number of carbonyl (C=O) groups excluding carboxylic acids is 1. The van der Waals surface area contributed by atoms with Gasteiger partial charge in [0.15, 0.2) is 10.5 Å². The van der Waals surface area contributed by atoms with Gasteiger partial charge in [0.25, 0.3) is 0 Å². The van der Waals surface area contributed by atoms with E-state index in [4.69, 9.17) is 0 Å². The maximum atomic E-state index is 12.7. The standard InChI is InChI=1S/C19H19NO5S2/c1-3-20(4-2)16-10-9-14(15(11-16)13-21)12-19-26(22,23)17-7-5-6-8-18(17)27(19,24)25/h5-13H,3-4H2,1-2H3. The van der Waals surface area contributed by atoms with Crippen LogP contribution in [0.3, 0.4) is 0 Å². The highest BCUT2D eigenvalue weighted by atomic mass is 32.3. The van der Waals surface area contributed by atoms with Crippen LogP contribution in [0, 0.1) is 0 Å². The second kappa shape index (κ2) is 6.94. The van der Waals surface area contributed by atoms with E-state index in [1.54, 1.807) is 18.2 Å². The summed E-state index contributed by atoms with van der Waals surface area (Å²) in [5.41, 5.74) is 1.29. The molecule has 0 aliphatic carbocycles. The molecule has 0 amide bonds. The molecule has 0 saturated carbocycles. The predicted octanol–water partition coefficient (Wildman–Crippen LogP) is 2.90. The van der Waals surface area contributed by atoms with E-state index >= 15 is 0 Å². The van der Waals surface area contributed by atoms with Gasteiger partial charge in [-0.1, -0.05) is 18.2 Å². The molecule has 1 aliphatic heterocycles. The number of hydrogen-bond acceptors (Lipinski definition) is 6. The lowest BCUT2D eigenvalue weighted by molar-refractivity contribution is 0.112. The van der Waals surface area contributed by atoms with Gasteiger partial charge in [-0.2, -0.15) is 0 Å². The topological polar surface area (TPSA) is 88.6 Å². The molecule has 0 fully saturated rings. The Morgan fingerprint density at radius 1 is 0.852 bits per heavy atom. The van der Waals surface area contributed by atoms with Crippen molar-refractivity contribution in [1.82, 2.24) is 0 Å². The van der Waals surface area contributed by atoms with Crippen LogP contribution < -0.4 is 4.90 Å². The first-order chi connectivity index (χ1) is 12.8. The molecule has 27 heavy (non-hydrogen) atoms. The predicted molar refractivity (Wildman–Crippen MR) is 104 cm³/mol. The van der Waals surface area contributed by atoms with Gasteiger partial charge in [0.2, 0.25) is 19.7 Å². The maximum absolute atomic E-state index is 12.7. The first-order valence-electron chi connectivity index (χ1n) is 8.42. The van der Waals surface area contributed by atoms with E-state index in [0.29, 0.717) is 6.29 Å². The van der Waals surface area contributed by atoms with Gasteiger partial charge >= 0.3 is 0 Å². The number of carbonyl (C=O) groups is 1. The smallest absolute Gasteiger partial charge is 0.219 e. The molecule has 0 aromatic heterocycles. The molecule has 8 heteroatoms. The molecule has 0 saturated heterocycles. The van der Waals surface area contributed by atoms with Crippen molar-refractivity contribution in [1.29, 1.82) is 0 Å². The summed E-state index contributed by atoms with van der Waals surface area (Å²) in [7, 11) is -8.33. The number of sulfone groups is 2. The molecule has 2 aromatic rings. The van der Waals surface area contributed by atoms with Gasteiger partial charge in [-0.05, 0) is 49.8 Å². The molecule has 0 radical (unpaired) electrons. The zero-order valence-electron chi connectivity index (χ0n) is 14.9. The summed E-state index contributed by atoms with van der Waals surface area (Å²) >= 11 is 0. The average Bonchev–Trinajstić information content (AvgIpc) is 2.81. The number of aldehydes is 1. The highest BCUT2D eigenvalue weighted by Gasteiger charge is 2.44. The molecule has 0 spiro atoms. The van der Waals surface area contributed by atoms with Crippen molar-refractivity contribution in [2.24, 2.45) is 0 Å². The molecule has 3 rings (SSSR count). The lowest BCUT2D eigenvalue weighted by Crippen LogP contribution is -2.21. The van der Waals surface area contributed by atoms with Crippen molar-refractivity contribution >= 4 is 37.7 Å². The largest absolute Gasteiger partial charge is 0.372 e. The minimum Gasteiger partial charge on any atom is -0.372 e. The van der Waals surface area contributed by atoms with Gasteiger partial charge < -0.3 is 4.90 Å². The van der Waals surface area contributed by atoms with Crippen molar-refractivity contribution in [3.63, 3.8) is 0 Å². The number of nitrogens with zero attached hydrogens (tertiary/aromatic N) is 1. The van der Waals surface area contributed by atoms with Crippen LogP contribution in [0.4, 0.5) is 5.69 Å². The number of hydrogen-bond donors (Lipinski definition) is 0. The van der Waals surface area contributed by atoms with Crippen LogP contribution in [-0.2, 0) is 19.7 Å². The average molecular weight is 405 g/mol. The van der Waals surface area contributed by atoms with Crippen LogP contribution in [0.5, 0.6) is 0 Å². The first kappa shape index (κ1) is 19.3. The quantitative estimate of drug-likeness (QED) is 0.711. The van der Waals surface area contributed by atoms with Gasteiger partial charge in [0.1, 0.15) is 0 Å². The van der Waals surface area contributed by atoms with Crippen LogP contribution in [0.1, 0.15) is 29.8 Å². The van der Waals surface area contributed by atoms with Crippen molar-refractivity contribution in [3.8, 4) is 0 Å². The Hall–Kier alpha value is -2.45. The second-order valence-corrected chi connectivity index (χ2v) is 10.1. The fraction of sp³-hybridized carbons (Fsp3) is 0.211. The zero-order valence-corrected chi connectivity index (χ0v) is 16.5. The Labute approximate surface area is 159 Å². The summed E-state index contributed by atoms with van der Waals surface area (Å²) in [5.74, 6) is 0. The molecule has 1 heterocycles. The molecule has 1 aliphatic rings. The van der Waals surface area contributed by atoms with Crippen LogP contribution in [0.15, 0.2) is 56.5 Å². The molecule has 142 valence electrons. The number of fused-ring (bicyclic) bond motifs is 1. The molecule has 2 aromatic carbocycles. The molecule has 6 nitrogen and oxygen atoms in total. The summed E-state index contributed by atoms with van der Waals surface area (Å²) in [6.45, 7) is 5.45. The molecule has 0 unspecified atom stereocenters. The molecule has 0 N–H and O–H groups in total. The lowest BCUT2D eigenvalue weighted by Gasteiger charge is -2.21. The van der Waals surface area contributed by atoms with E-state index in [1.807, 2.05) is 18.7 Å². The van der Waals surface area contributed by atoms with Gasteiger partial charge in [0, 0.05) is 24.3 Å². The van der Waals surface area contributed by atoms with E-state index in [1.165, 1.54) is 24.3 Å². The third kappa shape index (κ3) is 3.08. The number of rotatable bonds is 5. The van der Waals surface area contributed by atoms with Crippen molar-refractivity contribution < 1.29 is 21.6 Å². The van der Waals surface area contributed by atoms with Crippen LogP contribution in [0.2, 0.25) is 0 Å². The van der Waals surface area contributed by atoms with Gasteiger partial charge in [0.05, 0.1) is 9.79 Å². The maximum Gasteiger partial charge on any atom is 0.219 e. The van der Waals surface area contributed by atoms with Crippen LogP contribution in [-0.4, -0.2) is 36.2 Å². The fourth-order valence-corrected chi connectivity index (χ4v) is 7.65. The first-order valence-corrected chi connectivity index (χ1v) is 11.4. The van der Waals surface area contributed by atoms with Gasteiger partial charge in [-0.3, -0.25) is 4.79 Å². The lowest BCUT2D eigenvalue weighted by atomic mass is 10.1. The summed E-state index contributed by atoms with van der Waals surface area (Å²) < 4.78 is 50.2. The monoisotopic (exact) mass is 405 g/mol. The second-order valence-electron chi connectivity index (χ2n) is 6.02. The molecular weight excluding hydrogens is 386 g/mol. The summed E-state index contributed by atoms with van der Waals surface area (Å²) in [4.78, 5) is 13.1. The Bertz CT molecular complexity index is 1090. The Kier molecular flexibility index (Phi) is 4.96. The van der Waals surface area contributed by atoms with E-state index in [0.717, 1.165) is 24.9 Å². The van der Waals surface area contributed by atoms with Gasteiger partial charge in [-0.15, -0.1) is 0 Å². The normalized spacial score (nSPS) is 16.6. The van der Waals surface area contributed by atoms with Crippen molar-refractivity contribution in [2.75, 3.05) is 18.0 Å².